The average molecular weight is 315 g/mol. The number of benzene rings is 1. The highest BCUT2D eigenvalue weighted by Crippen LogP contribution is 2.27. The lowest BCUT2D eigenvalue weighted by atomic mass is 10.00. The number of likely N-dealkylation sites (tertiary alicyclic amines) is 1. The number of carbonyl (C=O) groups is 2. The zero-order valence-corrected chi connectivity index (χ0v) is 13.5. The van der Waals surface area contributed by atoms with Crippen molar-refractivity contribution in [1.82, 2.24) is 4.90 Å². The second-order valence-electron chi connectivity index (χ2n) is 6.72. The summed E-state index contributed by atoms with van der Waals surface area (Å²) in [6, 6.07) is 7.93. The fourth-order valence-corrected chi connectivity index (χ4v) is 3.55. The van der Waals surface area contributed by atoms with E-state index in [4.69, 9.17) is 5.73 Å². The number of nitrogens with two attached hydrogens (primary N) is 1. The molecule has 1 saturated heterocycles. The summed E-state index contributed by atoms with van der Waals surface area (Å²) in [6.07, 6.45) is 5.33. The number of nitrogens with one attached hydrogen (secondary N) is 1. The van der Waals surface area contributed by atoms with E-state index >= 15 is 0 Å². The van der Waals surface area contributed by atoms with Crippen molar-refractivity contribution < 1.29 is 9.59 Å². The Kier molecular flexibility index (Phi) is 4.96. The summed E-state index contributed by atoms with van der Waals surface area (Å²) in [5, 5.41) is 2.94. The SMILES string of the molecule is N[C@@H]1CCC[C@H]1CC(=O)Nc1ccc(CN2CCCC2=O)cc1. The predicted octanol–water partition coefficient (Wildman–Crippen LogP) is 2.26. The number of anilines is 1. The van der Waals surface area contributed by atoms with Crippen LogP contribution in [-0.4, -0.2) is 29.3 Å². The van der Waals surface area contributed by atoms with Crippen LogP contribution in [-0.2, 0) is 16.1 Å². The smallest absolute Gasteiger partial charge is 0.224 e. The maximum absolute atomic E-state index is 12.1. The summed E-state index contributed by atoms with van der Waals surface area (Å²) in [5.74, 6) is 0.584. The molecule has 2 amide bonds. The van der Waals surface area contributed by atoms with E-state index < -0.39 is 0 Å². The van der Waals surface area contributed by atoms with Gasteiger partial charge < -0.3 is 16.0 Å². The van der Waals surface area contributed by atoms with E-state index in [1.165, 1.54) is 0 Å². The molecule has 2 aliphatic rings. The number of nitrogens with zero attached hydrogens (tertiary/aromatic N) is 1. The Balaban J connectivity index is 1.50. The first-order chi connectivity index (χ1) is 11.1. The van der Waals surface area contributed by atoms with Crippen molar-refractivity contribution in [3.63, 3.8) is 0 Å². The highest BCUT2D eigenvalue weighted by molar-refractivity contribution is 5.90. The first-order valence-corrected chi connectivity index (χ1v) is 8.54. The van der Waals surface area contributed by atoms with Crippen LogP contribution in [0.1, 0.15) is 44.1 Å². The van der Waals surface area contributed by atoms with Crippen molar-refractivity contribution in [2.75, 3.05) is 11.9 Å². The van der Waals surface area contributed by atoms with Gasteiger partial charge in [-0.25, -0.2) is 0 Å². The van der Waals surface area contributed by atoms with E-state index in [-0.39, 0.29) is 17.9 Å². The van der Waals surface area contributed by atoms with Crippen molar-refractivity contribution >= 4 is 17.5 Å². The molecular formula is C18H25N3O2. The number of rotatable bonds is 5. The normalized spacial score (nSPS) is 24.2. The lowest BCUT2D eigenvalue weighted by Gasteiger charge is -2.16. The van der Waals surface area contributed by atoms with Gasteiger partial charge in [-0.15, -0.1) is 0 Å². The molecule has 23 heavy (non-hydrogen) atoms. The zero-order valence-electron chi connectivity index (χ0n) is 13.5. The number of hydrogen-bond donors (Lipinski definition) is 2. The van der Waals surface area contributed by atoms with Crippen molar-refractivity contribution in [2.24, 2.45) is 11.7 Å². The fraction of sp³-hybridized carbons (Fsp3) is 0.556. The third kappa shape index (κ3) is 4.10. The van der Waals surface area contributed by atoms with E-state index in [0.717, 1.165) is 43.5 Å². The zero-order chi connectivity index (χ0) is 16.2. The van der Waals surface area contributed by atoms with Crippen molar-refractivity contribution in [2.45, 2.75) is 51.1 Å². The summed E-state index contributed by atoms with van der Waals surface area (Å²) in [4.78, 5) is 25.6. The molecule has 0 aromatic heterocycles. The molecule has 0 spiro atoms. The van der Waals surface area contributed by atoms with Gasteiger partial charge in [-0.05, 0) is 42.9 Å². The molecule has 1 saturated carbocycles. The van der Waals surface area contributed by atoms with Gasteiger partial charge >= 0.3 is 0 Å². The van der Waals surface area contributed by atoms with E-state index in [1.807, 2.05) is 29.2 Å². The summed E-state index contributed by atoms with van der Waals surface area (Å²) in [6.45, 7) is 1.50. The molecule has 1 aliphatic carbocycles. The molecule has 2 atom stereocenters. The number of carbonyl (C=O) groups excluding carboxylic acids is 2. The van der Waals surface area contributed by atoms with Crippen LogP contribution in [0.3, 0.4) is 0 Å². The van der Waals surface area contributed by atoms with Crippen LogP contribution >= 0.6 is 0 Å². The van der Waals surface area contributed by atoms with Crippen molar-refractivity contribution in [1.29, 1.82) is 0 Å². The summed E-state index contributed by atoms with van der Waals surface area (Å²) < 4.78 is 0. The monoisotopic (exact) mass is 315 g/mol. The van der Waals surface area contributed by atoms with Gasteiger partial charge in [0.05, 0.1) is 0 Å². The van der Waals surface area contributed by atoms with E-state index in [9.17, 15) is 9.59 Å². The second-order valence-corrected chi connectivity index (χ2v) is 6.72. The lowest BCUT2D eigenvalue weighted by molar-refractivity contribution is -0.128. The topological polar surface area (TPSA) is 75.4 Å². The molecule has 1 aromatic carbocycles. The molecule has 0 radical (unpaired) electrons. The molecule has 1 aromatic rings. The molecule has 5 heteroatoms. The van der Waals surface area contributed by atoms with Crippen LogP contribution in [0.5, 0.6) is 0 Å². The molecule has 3 rings (SSSR count). The van der Waals surface area contributed by atoms with Crippen molar-refractivity contribution in [3.05, 3.63) is 29.8 Å². The van der Waals surface area contributed by atoms with Gasteiger partial charge in [-0.2, -0.15) is 0 Å². The average Bonchev–Trinajstić information content (AvgIpc) is 3.11. The van der Waals surface area contributed by atoms with Gasteiger partial charge in [0.15, 0.2) is 0 Å². The molecular weight excluding hydrogens is 290 g/mol. The largest absolute Gasteiger partial charge is 0.338 e. The van der Waals surface area contributed by atoms with E-state index in [2.05, 4.69) is 5.32 Å². The fourth-order valence-electron chi connectivity index (χ4n) is 3.55. The Morgan fingerprint density at radius 2 is 2.00 bits per heavy atom. The Morgan fingerprint density at radius 3 is 2.61 bits per heavy atom. The maximum atomic E-state index is 12.1. The van der Waals surface area contributed by atoms with Gasteiger partial charge in [-0.1, -0.05) is 18.6 Å². The molecule has 1 aliphatic heterocycles. The van der Waals surface area contributed by atoms with Crippen LogP contribution < -0.4 is 11.1 Å². The third-order valence-electron chi connectivity index (χ3n) is 4.95. The Hall–Kier alpha value is -1.88. The van der Waals surface area contributed by atoms with E-state index in [1.54, 1.807) is 0 Å². The molecule has 5 nitrogen and oxygen atoms in total. The minimum atomic E-state index is 0.0369. The molecule has 124 valence electrons. The van der Waals surface area contributed by atoms with Crippen molar-refractivity contribution in [3.8, 4) is 0 Å². The highest BCUT2D eigenvalue weighted by Gasteiger charge is 2.26. The minimum absolute atomic E-state index is 0.0369. The molecule has 3 N–H and O–H groups in total. The van der Waals surface area contributed by atoms with Gasteiger partial charge in [0.25, 0.3) is 0 Å². The third-order valence-corrected chi connectivity index (χ3v) is 4.95. The quantitative estimate of drug-likeness (QED) is 0.875. The van der Waals surface area contributed by atoms with Crippen LogP contribution in [0, 0.1) is 5.92 Å². The Labute approximate surface area is 137 Å². The van der Waals surface area contributed by atoms with Gasteiger partial charge in [-0.3, -0.25) is 9.59 Å². The van der Waals surface area contributed by atoms with Crippen LogP contribution in [0.25, 0.3) is 0 Å². The number of amides is 2. The summed E-state index contributed by atoms with van der Waals surface area (Å²) in [5.41, 5.74) is 7.91. The highest BCUT2D eigenvalue weighted by atomic mass is 16.2. The van der Waals surface area contributed by atoms with E-state index in [0.29, 0.717) is 25.3 Å². The van der Waals surface area contributed by atoms with Crippen LogP contribution in [0.15, 0.2) is 24.3 Å². The summed E-state index contributed by atoms with van der Waals surface area (Å²) in [7, 11) is 0. The maximum Gasteiger partial charge on any atom is 0.224 e. The Morgan fingerprint density at radius 1 is 1.22 bits per heavy atom. The first kappa shape index (κ1) is 16.0. The second kappa shape index (κ2) is 7.13. The van der Waals surface area contributed by atoms with Gasteiger partial charge in [0, 0.05) is 37.7 Å². The lowest BCUT2D eigenvalue weighted by Crippen LogP contribution is -2.28. The summed E-state index contributed by atoms with van der Waals surface area (Å²) >= 11 is 0. The number of hydrogen-bond acceptors (Lipinski definition) is 3. The molecule has 0 bridgehead atoms. The van der Waals surface area contributed by atoms with Crippen LogP contribution in [0.2, 0.25) is 0 Å². The van der Waals surface area contributed by atoms with Crippen LogP contribution in [0.4, 0.5) is 5.69 Å². The molecule has 2 fully saturated rings. The predicted molar refractivity (Wildman–Crippen MR) is 89.7 cm³/mol. The van der Waals surface area contributed by atoms with Gasteiger partial charge in [0.2, 0.25) is 11.8 Å². The van der Waals surface area contributed by atoms with Gasteiger partial charge in [0.1, 0.15) is 0 Å². The molecule has 0 unspecified atom stereocenters. The molecule has 1 heterocycles. The minimum Gasteiger partial charge on any atom is -0.338 e. The Bertz CT molecular complexity index is 570. The standard InChI is InChI=1S/C18H25N3O2/c19-16-4-1-3-14(16)11-17(22)20-15-8-6-13(7-9-15)12-21-10-2-5-18(21)23/h6-9,14,16H,1-5,10-12,19H2,(H,20,22)/t14-,16+/m0/s1. The first-order valence-electron chi connectivity index (χ1n) is 8.54.